The number of piperidine rings is 1. The first-order valence-corrected chi connectivity index (χ1v) is 7.04. The quantitative estimate of drug-likeness (QED) is 0.624. The summed E-state index contributed by atoms with van der Waals surface area (Å²) < 4.78 is 6.01. The van der Waals surface area contributed by atoms with Crippen molar-refractivity contribution in [2.75, 3.05) is 27.2 Å². The fourth-order valence-corrected chi connectivity index (χ4v) is 2.47. The van der Waals surface area contributed by atoms with Crippen LogP contribution in [-0.2, 0) is 4.74 Å². The molecule has 2 heterocycles. The average molecular weight is 273 g/mol. The van der Waals surface area contributed by atoms with Crippen molar-refractivity contribution in [2.45, 2.75) is 25.9 Å². The molecular formula is C16H23N3O. The number of likely N-dealkylation sites (tertiary alicyclic amines) is 1. The van der Waals surface area contributed by atoms with Crippen LogP contribution >= 0.6 is 0 Å². The second-order valence-corrected chi connectivity index (χ2v) is 5.30. The minimum Gasteiger partial charge on any atom is -0.489 e. The third kappa shape index (κ3) is 3.67. The highest BCUT2D eigenvalue weighted by molar-refractivity contribution is 6.10. The zero-order valence-electron chi connectivity index (χ0n) is 12.6. The number of aryl methyl sites for hydroxylation is 1. The molecule has 0 atom stereocenters. The third-order valence-electron chi connectivity index (χ3n) is 3.63. The molecule has 0 aromatic carbocycles. The van der Waals surface area contributed by atoms with Gasteiger partial charge >= 0.3 is 0 Å². The summed E-state index contributed by atoms with van der Waals surface area (Å²) in [5, 5.41) is 0. The van der Waals surface area contributed by atoms with E-state index in [4.69, 9.17) is 4.74 Å². The molecule has 0 spiro atoms. The van der Waals surface area contributed by atoms with Gasteiger partial charge in [0.05, 0.1) is 0 Å². The van der Waals surface area contributed by atoms with E-state index in [1.807, 2.05) is 19.1 Å². The number of rotatable bonds is 4. The first-order chi connectivity index (χ1) is 9.60. The lowest BCUT2D eigenvalue weighted by Crippen LogP contribution is -2.34. The fourth-order valence-electron chi connectivity index (χ4n) is 2.47. The minimum atomic E-state index is 0.249. The lowest BCUT2D eigenvalue weighted by Gasteiger charge is -2.30. The van der Waals surface area contributed by atoms with Crippen molar-refractivity contribution < 1.29 is 4.74 Å². The largest absolute Gasteiger partial charge is 0.489 e. The van der Waals surface area contributed by atoms with Gasteiger partial charge < -0.3 is 9.64 Å². The zero-order chi connectivity index (χ0) is 14.5. The van der Waals surface area contributed by atoms with Gasteiger partial charge in [0.25, 0.3) is 0 Å². The molecule has 4 heteroatoms. The van der Waals surface area contributed by atoms with E-state index in [2.05, 4.69) is 28.5 Å². The number of pyridine rings is 1. The fraction of sp³-hybridized carbons (Fsp3) is 0.500. The molecule has 0 amide bonds. The Labute approximate surface area is 121 Å². The molecule has 20 heavy (non-hydrogen) atoms. The smallest absolute Gasteiger partial charge is 0.138 e. The molecule has 0 aliphatic carbocycles. The summed E-state index contributed by atoms with van der Waals surface area (Å²) >= 11 is 0. The average Bonchev–Trinajstić information content (AvgIpc) is 2.42. The van der Waals surface area contributed by atoms with Gasteiger partial charge in [-0.05, 0) is 38.9 Å². The number of ether oxygens (including phenoxy) is 1. The lowest BCUT2D eigenvalue weighted by atomic mass is 10.1. The standard InChI is InChI=1S/C16H23N3O/c1-12-11-14(5-8-18-12)16(17-3)13(2)20-15-6-9-19(4)10-7-15/h5,8,11,15H,2,6-7,9-10H2,1,3-4H3/b17-16+. The second-order valence-electron chi connectivity index (χ2n) is 5.30. The molecule has 108 valence electrons. The number of hydrogen-bond donors (Lipinski definition) is 0. The molecule has 1 saturated heterocycles. The normalized spacial score (nSPS) is 18.1. The predicted molar refractivity (Wildman–Crippen MR) is 82.2 cm³/mol. The molecule has 0 bridgehead atoms. The summed E-state index contributed by atoms with van der Waals surface area (Å²) in [7, 11) is 3.91. The van der Waals surface area contributed by atoms with Crippen LogP contribution in [0.1, 0.15) is 24.1 Å². The Morgan fingerprint density at radius 2 is 2.15 bits per heavy atom. The molecule has 0 radical (unpaired) electrons. The third-order valence-corrected chi connectivity index (χ3v) is 3.63. The zero-order valence-corrected chi connectivity index (χ0v) is 12.6. The van der Waals surface area contributed by atoms with Gasteiger partial charge in [-0.2, -0.15) is 0 Å². The van der Waals surface area contributed by atoms with Crippen LogP contribution in [0.4, 0.5) is 0 Å². The SMILES string of the molecule is C=C(OC1CCN(C)CC1)/C(=N\C)c1ccnc(C)c1. The summed E-state index contributed by atoms with van der Waals surface area (Å²) in [5.74, 6) is 0.660. The monoisotopic (exact) mass is 273 g/mol. The van der Waals surface area contributed by atoms with Crippen molar-refractivity contribution in [1.82, 2.24) is 9.88 Å². The Hall–Kier alpha value is -1.68. The van der Waals surface area contributed by atoms with E-state index < -0.39 is 0 Å². The first kappa shape index (κ1) is 14.7. The number of nitrogens with zero attached hydrogens (tertiary/aromatic N) is 3. The van der Waals surface area contributed by atoms with E-state index in [9.17, 15) is 0 Å². The van der Waals surface area contributed by atoms with E-state index in [1.54, 1.807) is 13.2 Å². The molecule has 1 aromatic heterocycles. The molecule has 1 aromatic rings. The maximum atomic E-state index is 6.01. The van der Waals surface area contributed by atoms with Crippen molar-refractivity contribution in [2.24, 2.45) is 4.99 Å². The highest BCUT2D eigenvalue weighted by Gasteiger charge is 2.20. The van der Waals surface area contributed by atoms with Crippen LogP contribution in [0.5, 0.6) is 0 Å². The highest BCUT2D eigenvalue weighted by atomic mass is 16.5. The van der Waals surface area contributed by atoms with Gasteiger partial charge in [0, 0.05) is 37.6 Å². The van der Waals surface area contributed by atoms with Crippen LogP contribution in [0, 0.1) is 6.92 Å². The Bertz CT molecular complexity index is 502. The van der Waals surface area contributed by atoms with E-state index in [0.29, 0.717) is 5.76 Å². The van der Waals surface area contributed by atoms with E-state index >= 15 is 0 Å². The Morgan fingerprint density at radius 1 is 1.45 bits per heavy atom. The Morgan fingerprint density at radius 3 is 2.75 bits per heavy atom. The minimum absolute atomic E-state index is 0.249. The molecular weight excluding hydrogens is 250 g/mol. The summed E-state index contributed by atoms with van der Waals surface area (Å²) in [6.45, 7) is 8.18. The number of hydrogen-bond acceptors (Lipinski definition) is 4. The molecule has 0 saturated carbocycles. The van der Waals surface area contributed by atoms with Gasteiger partial charge in [0.2, 0.25) is 0 Å². The maximum Gasteiger partial charge on any atom is 0.138 e. The van der Waals surface area contributed by atoms with Crippen LogP contribution in [0.2, 0.25) is 0 Å². The maximum absolute atomic E-state index is 6.01. The lowest BCUT2D eigenvalue weighted by molar-refractivity contribution is 0.0682. The van der Waals surface area contributed by atoms with Gasteiger partial charge in [-0.25, -0.2) is 0 Å². The molecule has 0 unspecified atom stereocenters. The predicted octanol–water partition coefficient (Wildman–Crippen LogP) is 2.43. The molecule has 1 aliphatic heterocycles. The molecule has 2 rings (SSSR count). The van der Waals surface area contributed by atoms with Crippen molar-refractivity contribution in [1.29, 1.82) is 0 Å². The van der Waals surface area contributed by atoms with Gasteiger partial charge in [0.15, 0.2) is 0 Å². The van der Waals surface area contributed by atoms with Crippen molar-refractivity contribution >= 4 is 5.71 Å². The summed E-state index contributed by atoms with van der Waals surface area (Å²) in [5.41, 5.74) is 2.79. The van der Waals surface area contributed by atoms with Crippen molar-refractivity contribution in [3.8, 4) is 0 Å². The van der Waals surface area contributed by atoms with Gasteiger partial charge in [-0.3, -0.25) is 9.98 Å². The second kappa shape index (κ2) is 6.66. The highest BCUT2D eigenvalue weighted by Crippen LogP contribution is 2.18. The summed E-state index contributed by atoms with van der Waals surface area (Å²) in [4.78, 5) is 10.9. The van der Waals surface area contributed by atoms with Crippen molar-refractivity contribution in [3.05, 3.63) is 41.9 Å². The molecule has 1 aliphatic rings. The van der Waals surface area contributed by atoms with Crippen LogP contribution in [0.15, 0.2) is 35.7 Å². The van der Waals surface area contributed by atoms with Crippen LogP contribution in [0.3, 0.4) is 0 Å². The van der Waals surface area contributed by atoms with Crippen molar-refractivity contribution in [3.63, 3.8) is 0 Å². The Balaban J connectivity index is 2.03. The van der Waals surface area contributed by atoms with Crippen LogP contribution in [-0.4, -0.2) is 48.9 Å². The van der Waals surface area contributed by atoms with Gasteiger partial charge in [-0.1, -0.05) is 6.58 Å². The summed E-state index contributed by atoms with van der Waals surface area (Å²) in [6, 6.07) is 3.95. The topological polar surface area (TPSA) is 37.7 Å². The molecule has 4 nitrogen and oxygen atoms in total. The molecule has 1 fully saturated rings. The van der Waals surface area contributed by atoms with Gasteiger partial charge in [-0.15, -0.1) is 0 Å². The molecule has 0 N–H and O–H groups in total. The van der Waals surface area contributed by atoms with Crippen LogP contribution in [0.25, 0.3) is 0 Å². The van der Waals surface area contributed by atoms with E-state index in [-0.39, 0.29) is 6.10 Å². The summed E-state index contributed by atoms with van der Waals surface area (Å²) in [6.07, 6.45) is 4.13. The Kier molecular flexibility index (Phi) is 4.90. The van der Waals surface area contributed by atoms with E-state index in [1.165, 1.54) is 0 Å². The number of allylic oxidation sites excluding steroid dienone is 1. The van der Waals surface area contributed by atoms with Crippen LogP contribution < -0.4 is 0 Å². The number of aromatic nitrogens is 1. The first-order valence-electron chi connectivity index (χ1n) is 7.04. The van der Waals surface area contributed by atoms with E-state index in [0.717, 1.165) is 42.9 Å². The number of aliphatic imine (C=N–C) groups is 1. The van der Waals surface area contributed by atoms with Gasteiger partial charge in [0.1, 0.15) is 17.6 Å².